The minimum Gasteiger partial charge on any atom is -0.462 e. The molecule has 0 saturated carbocycles. The number of hydrogen-bond donors (Lipinski definition) is 0. The monoisotopic (exact) mass is 325 g/mol. The predicted octanol–water partition coefficient (Wildman–Crippen LogP) is 1.03. The molecule has 116 valence electrons. The largest absolute Gasteiger partial charge is 0.462 e. The van der Waals surface area contributed by atoms with Gasteiger partial charge in [0.15, 0.2) is 11.5 Å². The summed E-state index contributed by atoms with van der Waals surface area (Å²) in [6.07, 6.45) is 0.639. The van der Waals surface area contributed by atoms with E-state index in [1.807, 2.05) is 0 Å². The first kappa shape index (κ1) is 15.6. The van der Waals surface area contributed by atoms with Gasteiger partial charge in [-0.25, -0.2) is 4.79 Å². The Bertz CT molecular complexity index is 681. The van der Waals surface area contributed by atoms with E-state index in [9.17, 15) is 4.79 Å². The van der Waals surface area contributed by atoms with Crippen LogP contribution in [0.1, 0.15) is 12.7 Å². The van der Waals surface area contributed by atoms with Gasteiger partial charge < -0.3 is 18.7 Å². The third-order valence-corrected chi connectivity index (χ3v) is 2.47. The average molecular weight is 325 g/mol. The molecule has 0 N–H and O–H groups in total. The Hall–Kier alpha value is -2.82. The topological polar surface area (TPSA) is 114 Å². The van der Waals surface area contributed by atoms with Crippen LogP contribution >= 0.6 is 12.2 Å². The van der Waals surface area contributed by atoms with E-state index in [4.69, 9.17) is 30.9 Å². The van der Waals surface area contributed by atoms with Gasteiger partial charge in [0, 0.05) is 0 Å². The number of hydrogen-bond acceptors (Lipinski definition) is 10. The fraction of sp³-hybridized carbons (Fsp3) is 0.273. The Morgan fingerprint density at radius 1 is 1.55 bits per heavy atom. The fourth-order valence-corrected chi connectivity index (χ4v) is 1.57. The summed E-state index contributed by atoms with van der Waals surface area (Å²) >= 11 is 5.09. The van der Waals surface area contributed by atoms with E-state index in [0.717, 1.165) is 4.68 Å². The van der Waals surface area contributed by atoms with Crippen molar-refractivity contribution in [2.24, 2.45) is 5.16 Å². The molecule has 11 heteroatoms. The molecule has 0 bridgehead atoms. The van der Waals surface area contributed by atoms with Crippen molar-refractivity contribution in [1.82, 2.24) is 20.2 Å². The molecule has 2 heterocycles. The molecule has 0 amide bonds. The van der Waals surface area contributed by atoms with Crippen LogP contribution in [0, 0.1) is 0 Å². The molecular formula is C11H11N5O5S. The second kappa shape index (κ2) is 7.26. The van der Waals surface area contributed by atoms with Crippen LogP contribution < -0.4 is 4.74 Å². The molecule has 0 saturated heterocycles. The molecule has 10 nitrogen and oxygen atoms in total. The number of carbonyl (C=O) groups is 1. The molecule has 0 radical (unpaired) electrons. The molecule has 0 unspecified atom stereocenters. The summed E-state index contributed by atoms with van der Waals surface area (Å²) in [4.78, 5) is 16.3. The zero-order chi connectivity index (χ0) is 15.9. The lowest BCUT2D eigenvalue weighted by atomic mass is 10.3. The van der Waals surface area contributed by atoms with Crippen molar-refractivity contribution in [3.05, 3.63) is 24.2 Å². The van der Waals surface area contributed by atoms with Crippen molar-refractivity contribution in [3.8, 4) is 6.01 Å². The molecule has 0 aromatic carbocycles. The number of ether oxygens (including phenoxy) is 2. The van der Waals surface area contributed by atoms with Gasteiger partial charge in [0.1, 0.15) is 7.11 Å². The van der Waals surface area contributed by atoms with E-state index < -0.39 is 6.09 Å². The standard InChI is InChI=1S/C11H11N5O5S/c1-3-19-11(17)16-10(12-14-15-16)21-9(22)8(13-18-2)7-5-4-6-20-7/h4-6H,3H2,1-2H3. The van der Waals surface area contributed by atoms with Crippen molar-refractivity contribution in [2.45, 2.75) is 6.92 Å². The quantitative estimate of drug-likeness (QED) is 0.344. The highest BCUT2D eigenvalue weighted by Gasteiger charge is 2.22. The number of rotatable bonds is 5. The third kappa shape index (κ3) is 3.44. The van der Waals surface area contributed by atoms with Crippen LogP contribution in [0.5, 0.6) is 6.01 Å². The first-order valence-corrected chi connectivity index (χ1v) is 6.41. The average Bonchev–Trinajstić information content (AvgIpc) is 3.16. The normalized spacial score (nSPS) is 11.1. The minimum atomic E-state index is -0.798. The summed E-state index contributed by atoms with van der Waals surface area (Å²) in [5, 5.41) is 13.9. The predicted molar refractivity (Wildman–Crippen MR) is 75.7 cm³/mol. The third-order valence-electron chi connectivity index (χ3n) is 2.20. The molecule has 22 heavy (non-hydrogen) atoms. The van der Waals surface area contributed by atoms with Crippen LogP contribution in [-0.4, -0.2) is 50.8 Å². The summed E-state index contributed by atoms with van der Waals surface area (Å²) in [5.74, 6) is 0.321. The van der Waals surface area contributed by atoms with Crippen LogP contribution in [0.15, 0.2) is 28.0 Å². The maximum absolute atomic E-state index is 11.6. The Morgan fingerprint density at radius 2 is 2.36 bits per heavy atom. The van der Waals surface area contributed by atoms with Crippen molar-refractivity contribution in [3.63, 3.8) is 0 Å². The van der Waals surface area contributed by atoms with Gasteiger partial charge in [-0.05, 0) is 41.7 Å². The number of nitrogens with zero attached hydrogens (tertiary/aromatic N) is 5. The van der Waals surface area contributed by atoms with E-state index in [0.29, 0.717) is 5.76 Å². The highest BCUT2D eigenvalue weighted by molar-refractivity contribution is 7.81. The van der Waals surface area contributed by atoms with Crippen molar-refractivity contribution in [2.75, 3.05) is 13.7 Å². The molecule has 0 fully saturated rings. The molecule has 0 atom stereocenters. The molecule has 2 aromatic rings. The number of furan rings is 1. The van der Waals surface area contributed by atoms with Crippen LogP contribution in [0.2, 0.25) is 0 Å². The van der Waals surface area contributed by atoms with Crippen molar-refractivity contribution < 1.29 is 23.5 Å². The highest BCUT2D eigenvalue weighted by atomic mass is 32.1. The molecule has 0 aliphatic heterocycles. The summed E-state index contributed by atoms with van der Waals surface area (Å²) in [5.41, 5.74) is 0.112. The molecule has 0 aliphatic rings. The number of carbonyl (C=O) groups excluding carboxylic acids is 1. The van der Waals surface area contributed by atoms with Crippen molar-refractivity contribution in [1.29, 1.82) is 0 Å². The van der Waals surface area contributed by atoms with E-state index in [2.05, 4.69) is 20.7 Å². The molecule has 0 aliphatic carbocycles. The van der Waals surface area contributed by atoms with E-state index >= 15 is 0 Å². The smallest absolute Gasteiger partial charge is 0.440 e. The number of thiocarbonyl (C=S) groups is 1. The number of tetrazole rings is 1. The van der Waals surface area contributed by atoms with Gasteiger partial charge >= 0.3 is 12.1 Å². The van der Waals surface area contributed by atoms with Gasteiger partial charge in [0.2, 0.25) is 5.05 Å². The summed E-state index contributed by atoms with van der Waals surface area (Å²) in [6.45, 7) is 1.80. The number of oxime groups is 1. The zero-order valence-electron chi connectivity index (χ0n) is 11.6. The first-order valence-electron chi connectivity index (χ1n) is 6.00. The van der Waals surface area contributed by atoms with E-state index in [-0.39, 0.29) is 23.4 Å². The van der Waals surface area contributed by atoms with Gasteiger partial charge in [-0.2, -0.15) is 0 Å². The molecule has 2 rings (SSSR count). The summed E-state index contributed by atoms with van der Waals surface area (Å²) < 4.78 is 16.0. The second-order valence-electron chi connectivity index (χ2n) is 3.56. The fourth-order valence-electron chi connectivity index (χ4n) is 1.36. The SMILES string of the molecule is CCOC(=O)n1nnnc1OC(=S)C(=NOC)c1ccco1. The van der Waals surface area contributed by atoms with Crippen LogP contribution in [0.3, 0.4) is 0 Å². The lowest BCUT2D eigenvalue weighted by Gasteiger charge is -2.06. The number of aromatic nitrogens is 4. The maximum atomic E-state index is 11.6. The lowest BCUT2D eigenvalue weighted by Crippen LogP contribution is -2.24. The van der Waals surface area contributed by atoms with E-state index in [1.54, 1.807) is 19.1 Å². The Kier molecular flexibility index (Phi) is 5.14. The van der Waals surface area contributed by atoms with E-state index in [1.165, 1.54) is 13.4 Å². The molecule has 2 aromatic heterocycles. The zero-order valence-corrected chi connectivity index (χ0v) is 12.4. The Morgan fingerprint density at radius 3 is 3.00 bits per heavy atom. The van der Waals surface area contributed by atoms with Gasteiger partial charge in [-0.3, -0.25) is 0 Å². The van der Waals surface area contributed by atoms with Crippen molar-refractivity contribution >= 4 is 29.1 Å². The maximum Gasteiger partial charge on any atom is 0.440 e. The minimum absolute atomic E-state index is 0.112. The van der Waals surface area contributed by atoms with Gasteiger partial charge in [0.25, 0.3) is 0 Å². The van der Waals surface area contributed by atoms with Gasteiger partial charge in [-0.15, -0.1) is 0 Å². The van der Waals surface area contributed by atoms with Crippen LogP contribution in [-0.2, 0) is 9.57 Å². The van der Waals surface area contributed by atoms with Gasteiger partial charge in [-0.1, -0.05) is 14.9 Å². The molecular weight excluding hydrogens is 314 g/mol. The van der Waals surface area contributed by atoms with Crippen LogP contribution in [0.25, 0.3) is 0 Å². The second-order valence-corrected chi connectivity index (χ2v) is 3.93. The Balaban J connectivity index is 2.20. The Labute approximate surface area is 129 Å². The van der Waals surface area contributed by atoms with Gasteiger partial charge in [0.05, 0.1) is 12.9 Å². The highest BCUT2D eigenvalue weighted by Crippen LogP contribution is 2.10. The first-order chi connectivity index (χ1) is 10.7. The molecule has 0 spiro atoms. The summed E-state index contributed by atoms with van der Waals surface area (Å²) in [6, 6.07) is 2.99. The summed E-state index contributed by atoms with van der Waals surface area (Å²) in [7, 11) is 1.34. The van der Waals surface area contributed by atoms with Crippen LogP contribution in [0.4, 0.5) is 4.79 Å². The lowest BCUT2D eigenvalue weighted by molar-refractivity contribution is 0.147.